The molecule has 2 unspecified atom stereocenters. The third kappa shape index (κ3) is 8.38. The standard InChI is InChI=1S/C47H58F2N6O4Si/c1-26(2)60(27(3)4,28(5)6)19-18-34-37(48)17-14-30-20-31(52-44(56)58-46(8,9)10)21-35(40(30)34)42-41(49)39-29(7)38(22-50)53-43(36(39)23-51-42)54-24-32-15-16-33(25-54)55(32)45(57)59-47(11,12)13/h14,17,20-21,23,26-28,32-33H,15-16,24-25H2,1-13H3,(H,52,56). The second-order valence-electron chi connectivity index (χ2n) is 19.2. The molecule has 0 spiro atoms. The molecule has 2 aromatic carbocycles. The fourth-order valence-corrected chi connectivity index (χ4v) is 14.7. The fourth-order valence-electron chi connectivity index (χ4n) is 9.46. The van der Waals surface area contributed by atoms with Gasteiger partial charge in [-0.15, -0.1) is 5.54 Å². The van der Waals surface area contributed by atoms with Crippen molar-refractivity contribution in [2.45, 2.75) is 143 Å². The molecule has 2 aliphatic rings. The zero-order valence-corrected chi connectivity index (χ0v) is 38.2. The van der Waals surface area contributed by atoms with Gasteiger partial charge in [-0.3, -0.25) is 15.2 Å². The van der Waals surface area contributed by atoms with Crippen molar-refractivity contribution in [1.82, 2.24) is 14.9 Å². The SMILES string of the molecule is Cc1c(C#N)nc(N2CC3CCC(C2)N3C(=O)OC(C)(C)C)c2cnc(-c3cc(NC(=O)OC(C)(C)C)cc4ccc(F)c(C#C[Si](C(C)C)(C(C)C)C(C)C)c34)c(F)c12. The van der Waals surface area contributed by atoms with Crippen molar-refractivity contribution in [3.05, 3.63) is 58.9 Å². The van der Waals surface area contributed by atoms with Gasteiger partial charge in [-0.25, -0.2) is 23.4 Å². The van der Waals surface area contributed by atoms with Crippen molar-refractivity contribution < 1.29 is 27.8 Å². The van der Waals surface area contributed by atoms with Crippen LogP contribution in [0.25, 0.3) is 32.8 Å². The van der Waals surface area contributed by atoms with Crippen LogP contribution in [-0.2, 0) is 9.47 Å². The number of hydrogen-bond acceptors (Lipinski definition) is 8. The maximum Gasteiger partial charge on any atom is 0.412 e. The predicted molar refractivity (Wildman–Crippen MR) is 237 cm³/mol. The normalized spacial score (nSPS) is 17.0. The summed E-state index contributed by atoms with van der Waals surface area (Å²) in [4.78, 5) is 39.6. The first-order valence-corrected chi connectivity index (χ1v) is 23.2. The molecule has 2 aliphatic heterocycles. The van der Waals surface area contributed by atoms with Crippen molar-refractivity contribution in [1.29, 1.82) is 5.26 Å². The van der Waals surface area contributed by atoms with Gasteiger partial charge in [0.1, 0.15) is 48.4 Å². The van der Waals surface area contributed by atoms with Gasteiger partial charge in [-0.2, -0.15) is 5.26 Å². The Morgan fingerprint density at radius 1 is 0.917 bits per heavy atom. The second kappa shape index (κ2) is 16.3. The zero-order chi connectivity index (χ0) is 44.2. The molecule has 4 heterocycles. The maximum absolute atomic E-state index is 17.7. The number of halogens is 2. The number of nitrogens with zero attached hydrogens (tertiary/aromatic N) is 5. The smallest absolute Gasteiger partial charge is 0.412 e. The van der Waals surface area contributed by atoms with Crippen molar-refractivity contribution >= 4 is 53.3 Å². The number of aryl methyl sites for hydroxylation is 1. The predicted octanol–water partition coefficient (Wildman–Crippen LogP) is 11.4. The van der Waals surface area contributed by atoms with Gasteiger partial charge in [0, 0.05) is 46.7 Å². The number of carbonyl (C=O) groups is 2. The van der Waals surface area contributed by atoms with Crippen LogP contribution in [-0.4, -0.2) is 71.5 Å². The minimum Gasteiger partial charge on any atom is -0.444 e. The van der Waals surface area contributed by atoms with E-state index in [-0.39, 0.29) is 68.4 Å². The van der Waals surface area contributed by atoms with E-state index in [4.69, 9.17) is 19.4 Å². The van der Waals surface area contributed by atoms with Crippen LogP contribution in [0.4, 0.5) is 29.9 Å². The third-order valence-electron chi connectivity index (χ3n) is 11.9. The van der Waals surface area contributed by atoms with E-state index in [2.05, 4.69) is 64.4 Å². The molecular weight excluding hydrogens is 779 g/mol. The molecule has 13 heteroatoms. The third-order valence-corrected chi connectivity index (χ3v) is 18.2. The number of aromatic nitrogens is 2. The summed E-state index contributed by atoms with van der Waals surface area (Å²) in [5, 5.41) is 14.5. The molecule has 2 fully saturated rings. The van der Waals surface area contributed by atoms with Crippen LogP contribution in [0.3, 0.4) is 0 Å². The van der Waals surface area contributed by atoms with Gasteiger partial charge >= 0.3 is 12.2 Å². The van der Waals surface area contributed by atoms with Crippen LogP contribution in [0.2, 0.25) is 16.6 Å². The number of nitrogens with one attached hydrogen (secondary N) is 1. The number of piperazine rings is 1. The number of carbonyl (C=O) groups excluding carboxylic acids is 2. The Kier molecular flexibility index (Phi) is 12.0. The average molecular weight is 837 g/mol. The quantitative estimate of drug-likeness (QED) is 0.151. The Morgan fingerprint density at radius 3 is 2.07 bits per heavy atom. The van der Waals surface area contributed by atoms with E-state index in [1.807, 2.05) is 25.7 Å². The van der Waals surface area contributed by atoms with Crippen LogP contribution in [0.5, 0.6) is 0 Å². The Morgan fingerprint density at radius 2 is 1.52 bits per heavy atom. The van der Waals surface area contributed by atoms with Crippen molar-refractivity contribution in [2.24, 2.45) is 0 Å². The number of amides is 2. The lowest BCUT2D eigenvalue weighted by Crippen LogP contribution is -2.57. The van der Waals surface area contributed by atoms with Gasteiger partial charge in [0.15, 0.2) is 5.82 Å². The fraction of sp³-hybridized carbons (Fsp3) is 0.511. The molecule has 0 saturated carbocycles. The number of pyridine rings is 2. The molecular formula is C47H58F2N6O4Si. The molecule has 60 heavy (non-hydrogen) atoms. The van der Waals surface area contributed by atoms with Gasteiger partial charge in [-0.1, -0.05) is 53.5 Å². The Hall–Kier alpha value is -5.27. The first-order chi connectivity index (χ1) is 28.0. The highest BCUT2D eigenvalue weighted by Crippen LogP contribution is 2.43. The number of fused-ring (bicyclic) bond motifs is 4. The van der Waals surface area contributed by atoms with Gasteiger partial charge in [-0.05, 0) is 107 Å². The molecule has 6 rings (SSSR count). The minimum absolute atomic E-state index is 0.0515. The van der Waals surface area contributed by atoms with E-state index >= 15 is 8.78 Å². The summed E-state index contributed by atoms with van der Waals surface area (Å²) in [5.74, 6) is 2.41. The number of rotatable bonds is 6. The minimum atomic E-state index is -2.35. The van der Waals surface area contributed by atoms with E-state index in [9.17, 15) is 14.9 Å². The van der Waals surface area contributed by atoms with E-state index in [0.29, 0.717) is 40.6 Å². The highest BCUT2D eigenvalue weighted by Gasteiger charge is 2.45. The van der Waals surface area contributed by atoms with Gasteiger partial charge in [0.2, 0.25) is 0 Å². The van der Waals surface area contributed by atoms with Gasteiger partial charge < -0.3 is 14.4 Å². The molecule has 4 aromatic rings. The number of benzene rings is 2. The van der Waals surface area contributed by atoms with E-state index in [1.165, 1.54) is 6.07 Å². The highest BCUT2D eigenvalue weighted by atomic mass is 28.3. The Bertz CT molecular complexity index is 2440. The Balaban J connectivity index is 1.57. The number of anilines is 2. The molecule has 2 bridgehead atoms. The van der Waals surface area contributed by atoms with E-state index in [0.717, 1.165) is 12.8 Å². The summed E-state index contributed by atoms with van der Waals surface area (Å²) in [6.07, 6.45) is 2.00. The summed E-state index contributed by atoms with van der Waals surface area (Å²) < 4.78 is 45.3. The molecule has 2 atom stereocenters. The molecule has 318 valence electrons. The summed E-state index contributed by atoms with van der Waals surface area (Å²) >= 11 is 0. The molecule has 2 amide bonds. The van der Waals surface area contributed by atoms with Crippen LogP contribution < -0.4 is 10.2 Å². The zero-order valence-electron chi connectivity index (χ0n) is 37.2. The van der Waals surface area contributed by atoms with Crippen LogP contribution in [0.15, 0.2) is 30.5 Å². The molecule has 2 saturated heterocycles. The first kappa shape index (κ1) is 44.3. The Labute approximate surface area is 354 Å². The largest absolute Gasteiger partial charge is 0.444 e. The van der Waals surface area contributed by atoms with Crippen LogP contribution in [0, 0.1) is 41.4 Å². The molecule has 10 nitrogen and oxygen atoms in total. The van der Waals surface area contributed by atoms with E-state index in [1.54, 1.807) is 57.0 Å². The van der Waals surface area contributed by atoms with Crippen molar-refractivity contribution in [3.63, 3.8) is 0 Å². The lowest BCUT2D eigenvalue weighted by Gasteiger charge is -2.42. The number of hydrogen-bond donors (Lipinski definition) is 1. The molecule has 1 N–H and O–H groups in total. The number of ether oxygens (including phenoxy) is 2. The monoisotopic (exact) mass is 836 g/mol. The summed E-state index contributed by atoms with van der Waals surface area (Å²) in [6.45, 7) is 26.3. The second-order valence-corrected chi connectivity index (χ2v) is 24.8. The highest BCUT2D eigenvalue weighted by molar-refractivity contribution is 6.90. The summed E-state index contributed by atoms with van der Waals surface area (Å²) in [6, 6.07) is 8.03. The van der Waals surface area contributed by atoms with Crippen molar-refractivity contribution in [2.75, 3.05) is 23.3 Å². The van der Waals surface area contributed by atoms with Crippen LogP contribution in [0.1, 0.15) is 113 Å². The number of nitriles is 1. The average Bonchev–Trinajstić information content (AvgIpc) is 3.40. The van der Waals surface area contributed by atoms with Gasteiger partial charge in [0.25, 0.3) is 0 Å². The summed E-state index contributed by atoms with van der Waals surface area (Å²) in [7, 11) is -2.35. The van der Waals surface area contributed by atoms with Crippen molar-refractivity contribution in [3.8, 4) is 28.8 Å². The summed E-state index contributed by atoms with van der Waals surface area (Å²) in [5.41, 5.74) is 3.94. The molecule has 2 aromatic heterocycles. The topological polar surface area (TPSA) is 121 Å². The molecule has 0 aliphatic carbocycles. The first-order valence-electron chi connectivity index (χ1n) is 20.9. The maximum atomic E-state index is 17.7. The lowest BCUT2D eigenvalue weighted by atomic mass is 9.94. The van der Waals surface area contributed by atoms with Gasteiger partial charge in [0.05, 0.1) is 17.6 Å². The lowest BCUT2D eigenvalue weighted by molar-refractivity contribution is 0.0122. The van der Waals surface area contributed by atoms with Crippen LogP contribution >= 0.6 is 0 Å². The van der Waals surface area contributed by atoms with E-state index < -0.39 is 37.0 Å². The molecule has 0 radical (unpaired) electrons.